The van der Waals surface area contributed by atoms with Gasteiger partial charge in [0.05, 0.1) is 4.92 Å². The maximum Gasteiger partial charge on any atom is 0.310 e. The van der Waals surface area contributed by atoms with Crippen molar-refractivity contribution < 1.29 is 25.0 Å². The summed E-state index contributed by atoms with van der Waals surface area (Å²) in [5, 5.41) is 35.1. The van der Waals surface area contributed by atoms with Gasteiger partial charge in [0.15, 0.2) is 5.75 Å². The van der Waals surface area contributed by atoms with Crippen LogP contribution in [0.25, 0.3) is 0 Å². The van der Waals surface area contributed by atoms with Gasteiger partial charge in [-0.15, -0.1) is 0 Å². The molecule has 0 heterocycles. The summed E-state index contributed by atoms with van der Waals surface area (Å²) in [7, 11) is 0. The van der Waals surface area contributed by atoms with E-state index in [4.69, 9.17) is 20.1 Å². The minimum atomic E-state index is -0.833. The van der Waals surface area contributed by atoms with E-state index in [1.807, 2.05) is 0 Å². The van der Waals surface area contributed by atoms with Crippen molar-refractivity contribution in [2.24, 2.45) is 0 Å². The van der Waals surface area contributed by atoms with Crippen LogP contribution in [-0.4, -0.2) is 26.2 Å². The summed E-state index contributed by atoms with van der Waals surface area (Å²) in [6, 6.07) is 3.08. The van der Waals surface area contributed by atoms with Gasteiger partial charge in [0.1, 0.15) is 5.75 Å². The van der Waals surface area contributed by atoms with E-state index in [2.05, 4.69) is 0 Å². The van der Waals surface area contributed by atoms with Crippen molar-refractivity contribution in [3.05, 3.63) is 28.3 Å². The number of carbonyl (C=O) groups is 1. The van der Waals surface area contributed by atoms with E-state index in [1.165, 1.54) is 0 Å². The second-order valence-corrected chi connectivity index (χ2v) is 2.45. The molecule has 7 nitrogen and oxygen atoms in total. The number of hydrogen-bond acceptors (Lipinski definition) is 5. The molecule has 0 spiro atoms. The smallest absolute Gasteiger partial charge is 0.310 e. The molecule has 1 aromatic carbocycles. The maximum absolute atomic E-state index is 10.1. The van der Waals surface area contributed by atoms with Gasteiger partial charge in [0, 0.05) is 19.1 Å². The maximum atomic E-state index is 10.1. The molecule has 0 amide bonds. The Morgan fingerprint density at radius 3 is 2.20 bits per heavy atom. The van der Waals surface area contributed by atoms with Gasteiger partial charge in [0.2, 0.25) is 0 Å². The quantitative estimate of drug-likeness (QED) is 0.476. The number of phenols is 2. The number of phenolic OH excluding ortho intramolecular Hbond substituents is 2. The van der Waals surface area contributed by atoms with Crippen LogP contribution in [0.4, 0.5) is 5.69 Å². The summed E-state index contributed by atoms with van der Waals surface area (Å²) >= 11 is 0. The van der Waals surface area contributed by atoms with Gasteiger partial charge in [-0.3, -0.25) is 14.9 Å². The van der Waals surface area contributed by atoms with E-state index >= 15 is 0 Å². The molecule has 0 aromatic heterocycles. The molecule has 82 valence electrons. The highest BCUT2D eigenvalue weighted by molar-refractivity contribution is 5.62. The largest absolute Gasteiger partial charge is 0.508 e. The molecule has 1 aromatic rings. The Hall–Kier alpha value is -2.31. The first-order valence-corrected chi connectivity index (χ1v) is 3.70. The number of benzene rings is 1. The monoisotopic (exact) mass is 215 g/mol. The van der Waals surface area contributed by atoms with Crippen LogP contribution >= 0.6 is 0 Å². The minimum absolute atomic E-state index is 0.201. The van der Waals surface area contributed by atoms with Crippen LogP contribution in [0.15, 0.2) is 18.2 Å². The van der Waals surface area contributed by atoms with Crippen molar-refractivity contribution in [3.8, 4) is 11.5 Å². The summed E-state index contributed by atoms with van der Waals surface area (Å²) < 4.78 is 0. The molecule has 0 aliphatic heterocycles. The van der Waals surface area contributed by atoms with Gasteiger partial charge in [-0.1, -0.05) is 0 Å². The Morgan fingerprint density at radius 2 is 1.87 bits per heavy atom. The lowest BCUT2D eigenvalue weighted by molar-refractivity contribution is -0.385. The molecule has 7 heteroatoms. The summed E-state index contributed by atoms with van der Waals surface area (Å²) in [5.74, 6) is -1.57. The number of nitrogens with zero attached hydrogens (tertiary/aromatic N) is 1. The van der Waals surface area contributed by atoms with Crippen molar-refractivity contribution in [2.45, 2.75) is 6.92 Å². The fourth-order valence-corrected chi connectivity index (χ4v) is 0.666. The molecule has 0 fully saturated rings. The lowest BCUT2D eigenvalue weighted by Crippen LogP contribution is -1.87. The van der Waals surface area contributed by atoms with E-state index in [9.17, 15) is 10.1 Å². The summed E-state index contributed by atoms with van der Waals surface area (Å²) in [5.41, 5.74) is -0.414. The highest BCUT2D eigenvalue weighted by atomic mass is 16.6. The minimum Gasteiger partial charge on any atom is -0.508 e. The first kappa shape index (κ1) is 12.7. The predicted octanol–water partition coefficient (Wildman–Crippen LogP) is 1.10. The topological polar surface area (TPSA) is 121 Å². The van der Waals surface area contributed by atoms with Gasteiger partial charge in [-0.25, -0.2) is 0 Å². The average molecular weight is 215 g/mol. The molecule has 0 atom stereocenters. The van der Waals surface area contributed by atoms with Crippen molar-refractivity contribution in [1.29, 1.82) is 0 Å². The lowest BCUT2D eigenvalue weighted by Gasteiger charge is -1.94. The molecule has 15 heavy (non-hydrogen) atoms. The van der Waals surface area contributed by atoms with E-state index < -0.39 is 22.3 Å². The van der Waals surface area contributed by atoms with Crippen molar-refractivity contribution in [3.63, 3.8) is 0 Å². The molecule has 0 saturated carbocycles. The highest BCUT2D eigenvalue weighted by Gasteiger charge is 2.11. The van der Waals surface area contributed by atoms with Gasteiger partial charge >= 0.3 is 5.69 Å². The molecule has 0 bridgehead atoms. The van der Waals surface area contributed by atoms with Crippen molar-refractivity contribution >= 4 is 11.7 Å². The SMILES string of the molecule is CC(=O)O.O=[N+]([O-])c1ccc(O)cc1O. The number of carboxylic acids is 1. The fraction of sp³-hybridized carbons (Fsp3) is 0.125. The number of nitro benzene ring substituents is 1. The van der Waals surface area contributed by atoms with E-state index in [0.29, 0.717) is 0 Å². The summed E-state index contributed by atoms with van der Waals surface area (Å²) in [4.78, 5) is 18.4. The van der Waals surface area contributed by atoms with Crippen LogP contribution in [0, 0.1) is 10.1 Å². The third-order valence-corrected chi connectivity index (χ3v) is 1.16. The van der Waals surface area contributed by atoms with Gasteiger partial charge in [-0.05, 0) is 6.07 Å². The van der Waals surface area contributed by atoms with Crippen LogP contribution in [0.2, 0.25) is 0 Å². The third kappa shape index (κ3) is 5.09. The Morgan fingerprint density at radius 1 is 1.40 bits per heavy atom. The number of aliphatic carboxylic acids is 1. The molecule has 0 radical (unpaired) electrons. The standard InChI is InChI=1S/C6H5NO4.C2H4O2/c8-4-1-2-5(7(10)11)6(9)3-4;1-2(3)4/h1-3,8-9H;1H3,(H,3,4). The Bertz CT molecular complexity index is 371. The molecular weight excluding hydrogens is 206 g/mol. The first-order chi connectivity index (χ1) is 6.84. The summed E-state index contributed by atoms with van der Waals surface area (Å²) in [6.07, 6.45) is 0. The number of hydrogen-bond donors (Lipinski definition) is 3. The second kappa shape index (κ2) is 5.43. The van der Waals surface area contributed by atoms with Crippen LogP contribution in [-0.2, 0) is 4.79 Å². The molecular formula is C8H9NO6. The zero-order valence-electron chi connectivity index (χ0n) is 7.75. The van der Waals surface area contributed by atoms with Gasteiger partial charge < -0.3 is 15.3 Å². The fourth-order valence-electron chi connectivity index (χ4n) is 0.666. The molecule has 0 aliphatic rings. The predicted molar refractivity (Wildman–Crippen MR) is 49.7 cm³/mol. The number of nitro groups is 1. The first-order valence-electron chi connectivity index (χ1n) is 3.70. The summed E-state index contributed by atoms with van der Waals surface area (Å²) in [6.45, 7) is 1.08. The van der Waals surface area contributed by atoms with Crippen LogP contribution in [0.5, 0.6) is 11.5 Å². The normalized spacial score (nSPS) is 8.60. The Labute approximate surface area is 84.4 Å². The van der Waals surface area contributed by atoms with E-state index in [1.54, 1.807) is 0 Å². The lowest BCUT2D eigenvalue weighted by atomic mass is 10.3. The number of carboxylic acid groups (broad SMARTS) is 1. The van der Waals surface area contributed by atoms with Gasteiger partial charge in [-0.2, -0.15) is 0 Å². The molecule has 0 unspecified atom stereocenters. The van der Waals surface area contributed by atoms with Crippen LogP contribution in [0.1, 0.15) is 6.92 Å². The van der Waals surface area contributed by atoms with E-state index in [0.717, 1.165) is 25.1 Å². The Balaban J connectivity index is 0.000000423. The molecule has 3 N–H and O–H groups in total. The Kier molecular flexibility index (Phi) is 4.59. The van der Waals surface area contributed by atoms with Crippen LogP contribution in [0.3, 0.4) is 0 Å². The average Bonchev–Trinajstić information content (AvgIpc) is 2.01. The van der Waals surface area contributed by atoms with Crippen molar-refractivity contribution in [1.82, 2.24) is 0 Å². The van der Waals surface area contributed by atoms with Crippen LogP contribution < -0.4 is 0 Å². The molecule has 0 aliphatic carbocycles. The number of aromatic hydroxyl groups is 2. The highest BCUT2D eigenvalue weighted by Crippen LogP contribution is 2.28. The second-order valence-electron chi connectivity index (χ2n) is 2.45. The van der Waals surface area contributed by atoms with Crippen molar-refractivity contribution in [2.75, 3.05) is 0 Å². The van der Waals surface area contributed by atoms with E-state index in [-0.39, 0.29) is 5.75 Å². The number of rotatable bonds is 1. The molecule has 1 rings (SSSR count). The zero-order valence-corrected chi connectivity index (χ0v) is 7.75. The van der Waals surface area contributed by atoms with Gasteiger partial charge in [0.25, 0.3) is 5.97 Å². The molecule has 0 saturated heterocycles. The zero-order chi connectivity index (χ0) is 12.0. The third-order valence-electron chi connectivity index (χ3n) is 1.16.